The van der Waals surface area contributed by atoms with Crippen molar-refractivity contribution in [2.24, 2.45) is 0 Å². The molecule has 5 heteroatoms. The van der Waals surface area contributed by atoms with E-state index in [4.69, 9.17) is 4.74 Å². The third kappa shape index (κ3) is 5.89. The molecule has 0 aromatic heterocycles. The summed E-state index contributed by atoms with van der Waals surface area (Å²) in [5, 5.41) is 13.3. The van der Waals surface area contributed by atoms with Crippen LogP contribution in [0.3, 0.4) is 0 Å². The summed E-state index contributed by atoms with van der Waals surface area (Å²) in [6, 6.07) is -0.243. The molecule has 2 atom stereocenters. The van der Waals surface area contributed by atoms with Crippen molar-refractivity contribution in [1.82, 2.24) is 10.2 Å². The Bertz CT molecular complexity index is 276. The fourth-order valence-corrected chi connectivity index (χ4v) is 2.26. The predicted molar refractivity (Wildman–Crippen MR) is 75.0 cm³/mol. The number of piperidine rings is 1. The quantitative estimate of drug-likeness (QED) is 0.718. The molecule has 1 aliphatic heterocycles. The summed E-state index contributed by atoms with van der Waals surface area (Å²) < 4.78 is 4.96. The normalized spacial score (nSPS) is 20.9. The molecule has 0 saturated carbocycles. The Morgan fingerprint density at radius 2 is 2.05 bits per heavy atom. The van der Waals surface area contributed by atoms with Crippen LogP contribution in [0.25, 0.3) is 0 Å². The summed E-state index contributed by atoms with van der Waals surface area (Å²) in [5.74, 6) is 0.141. The topological polar surface area (TPSA) is 61.8 Å². The molecule has 19 heavy (non-hydrogen) atoms. The fourth-order valence-electron chi connectivity index (χ4n) is 2.26. The SMILES string of the molecule is COCCC(C)(O)CNC(C)C(=O)N1CCCCC1. The van der Waals surface area contributed by atoms with Crippen molar-refractivity contribution in [2.45, 2.75) is 51.2 Å². The van der Waals surface area contributed by atoms with Crippen molar-refractivity contribution in [1.29, 1.82) is 0 Å². The van der Waals surface area contributed by atoms with E-state index in [1.54, 1.807) is 14.0 Å². The summed E-state index contributed by atoms with van der Waals surface area (Å²) in [6.07, 6.45) is 3.98. The number of carbonyl (C=O) groups is 1. The average molecular weight is 272 g/mol. The van der Waals surface area contributed by atoms with Gasteiger partial charge in [0.1, 0.15) is 0 Å². The number of ether oxygens (including phenoxy) is 1. The monoisotopic (exact) mass is 272 g/mol. The van der Waals surface area contributed by atoms with Crippen molar-refractivity contribution in [3.8, 4) is 0 Å². The zero-order chi connectivity index (χ0) is 14.3. The molecule has 1 saturated heterocycles. The Labute approximate surface area is 116 Å². The Kier molecular flexibility index (Phi) is 6.75. The number of likely N-dealkylation sites (tertiary alicyclic amines) is 1. The van der Waals surface area contributed by atoms with E-state index in [9.17, 15) is 9.90 Å². The second-order valence-corrected chi connectivity index (χ2v) is 5.73. The van der Waals surface area contributed by atoms with E-state index in [1.807, 2.05) is 11.8 Å². The largest absolute Gasteiger partial charge is 0.389 e. The van der Waals surface area contributed by atoms with Crippen molar-refractivity contribution in [2.75, 3.05) is 33.4 Å². The number of methoxy groups -OCH3 is 1. The number of nitrogens with zero attached hydrogens (tertiary/aromatic N) is 1. The van der Waals surface area contributed by atoms with Gasteiger partial charge < -0.3 is 20.1 Å². The molecule has 1 heterocycles. The molecule has 1 fully saturated rings. The molecule has 0 bridgehead atoms. The van der Waals surface area contributed by atoms with E-state index in [0.717, 1.165) is 25.9 Å². The van der Waals surface area contributed by atoms with Crippen molar-refractivity contribution < 1.29 is 14.6 Å². The maximum Gasteiger partial charge on any atom is 0.239 e. The lowest BCUT2D eigenvalue weighted by molar-refractivity contribution is -0.134. The van der Waals surface area contributed by atoms with Gasteiger partial charge in [-0.05, 0) is 33.1 Å². The van der Waals surface area contributed by atoms with Gasteiger partial charge in [0.25, 0.3) is 0 Å². The molecule has 1 rings (SSSR count). The van der Waals surface area contributed by atoms with Crippen molar-refractivity contribution in [3.05, 3.63) is 0 Å². The number of amides is 1. The highest BCUT2D eigenvalue weighted by atomic mass is 16.5. The highest BCUT2D eigenvalue weighted by Crippen LogP contribution is 2.11. The molecule has 0 aromatic carbocycles. The first-order chi connectivity index (χ1) is 8.96. The summed E-state index contributed by atoms with van der Waals surface area (Å²) in [7, 11) is 1.62. The zero-order valence-electron chi connectivity index (χ0n) is 12.4. The first kappa shape index (κ1) is 16.4. The van der Waals surface area contributed by atoms with Gasteiger partial charge in [-0.25, -0.2) is 0 Å². The second kappa shape index (κ2) is 7.82. The van der Waals surface area contributed by atoms with Gasteiger partial charge >= 0.3 is 0 Å². The first-order valence-electron chi connectivity index (χ1n) is 7.20. The van der Waals surface area contributed by atoms with Crippen LogP contribution in [0.2, 0.25) is 0 Å². The minimum absolute atomic E-state index is 0.141. The number of rotatable bonds is 7. The Morgan fingerprint density at radius 3 is 2.63 bits per heavy atom. The highest BCUT2D eigenvalue weighted by Gasteiger charge is 2.25. The van der Waals surface area contributed by atoms with Gasteiger partial charge in [0.15, 0.2) is 0 Å². The van der Waals surface area contributed by atoms with Crippen LogP contribution < -0.4 is 5.32 Å². The molecule has 112 valence electrons. The maximum absolute atomic E-state index is 12.2. The molecule has 0 aliphatic carbocycles. The molecule has 1 amide bonds. The zero-order valence-corrected chi connectivity index (χ0v) is 12.4. The molecule has 0 radical (unpaired) electrons. The predicted octanol–water partition coefficient (Wildman–Crippen LogP) is 0.765. The fraction of sp³-hybridized carbons (Fsp3) is 0.929. The van der Waals surface area contributed by atoms with Gasteiger partial charge in [0.05, 0.1) is 11.6 Å². The smallest absolute Gasteiger partial charge is 0.239 e. The number of hydrogen-bond acceptors (Lipinski definition) is 4. The number of aliphatic hydroxyl groups is 1. The van der Waals surface area contributed by atoms with Crippen molar-refractivity contribution in [3.63, 3.8) is 0 Å². The molecule has 0 aromatic rings. The molecule has 5 nitrogen and oxygen atoms in total. The van der Waals surface area contributed by atoms with Gasteiger partial charge in [-0.2, -0.15) is 0 Å². The second-order valence-electron chi connectivity index (χ2n) is 5.73. The third-order valence-corrected chi connectivity index (χ3v) is 3.67. The molecular formula is C14H28N2O3. The first-order valence-corrected chi connectivity index (χ1v) is 7.20. The standard InChI is InChI=1S/C14H28N2O3/c1-12(13(17)16-8-5-4-6-9-16)15-11-14(2,18)7-10-19-3/h12,15,18H,4-11H2,1-3H3. The van der Waals surface area contributed by atoms with Gasteiger partial charge in [-0.15, -0.1) is 0 Å². The summed E-state index contributed by atoms with van der Waals surface area (Å²) in [4.78, 5) is 14.1. The van der Waals surface area contributed by atoms with Crippen LogP contribution >= 0.6 is 0 Å². The Morgan fingerprint density at radius 1 is 1.42 bits per heavy atom. The van der Waals surface area contributed by atoms with Crippen LogP contribution in [-0.2, 0) is 9.53 Å². The van der Waals surface area contributed by atoms with Crippen LogP contribution in [0.4, 0.5) is 0 Å². The number of nitrogens with one attached hydrogen (secondary N) is 1. The summed E-state index contributed by atoms with van der Waals surface area (Å²) >= 11 is 0. The lowest BCUT2D eigenvalue weighted by Crippen LogP contribution is -2.50. The number of carbonyl (C=O) groups excluding carboxylic acids is 1. The summed E-state index contributed by atoms with van der Waals surface area (Å²) in [6.45, 7) is 6.27. The van der Waals surface area contributed by atoms with Crippen LogP contribution in [0, 0.1) is 0 Å². The van der Waals surface area contributed by atoms with Gasteiger partial charge in [0.2, 0.25) is 5.91 Å². The van der Waals surface area contributed by atoms with Crippen LogP contribution in [-0.4, -0.2) is 60.9 Å². The van der Waals surface area contributed by atoms with E-state index in [1.165, 1.54) is 6.42 Å². The molecular weight excluding hydrogens is 244 g/mol. The minimum atomic E-state index is -0.841. The van der Waals surface area contributed by atoms with Gasteiger partial charge in [-0.1, -0.05) is 0 Å². The number of hydrogen-bond donors (Lipinski definition) is 2. The van der Waals surface area contributed by atoms with E-state index >= 15 is 0 Å². The lowest BCUT2D eigenvalue weighted by Gasteiger charge is -2.31. The average Bonchev–Trinajstić information content (AvgIpc) is 2.43. The highest BCUT2D eigenvalue weighted by molar-refractivity contribution is 5.81. The Hall–Kier alpha value is -0.650. The van der Waals surface area contributed by atoms with Gasteiger partial charge in [0, 0.05) is 39.8 Å². The third-order valence-electron chi connectivity index (χ3n) is 3.67. The van der Waals surface area contributed by atoms with Crippen LogP contribution in [0.1, 0.15) is 39.5 Å². The molecule has 2 unspecified atom stereocenters. The van der Waals surface area contributed by atoms with Crippen LogP contribution in [0.15, 0.2) is 0 Å². The van der Waals surface area contributed by atoms with E-state index < -0.39 is 5.60 Å². The van der Waals surface area contributed by atoms with Gasteiger partial charge in [-0.3, -0.25) is 4.79 Å². The van der Waals surface area contributed by atoms with Crippen molar-refractivity contribution >= 4 is 5.91 Å². The lowest BCUT2D eigenvalue weighted by atomic mass is 10.0. The molecule has 1 aliphatic rings. The van der Waals surface area contributed by atoms with E-state index in [0.29, 0.717) is 19.6 Å². The molecule has 0 spiro atoms. The van der Waals surface area contributed by atoms with E-state index in [2.05, 4.69) is 5.32 Å². The van der Waals surface area contributed by atoms with E-state index in [-0.39, 0.29) is 11.9 Å². The maximum atomic E-state index is 12.2. The summed E-state index contributed by atoms with van der Waals surface area (Å²) in [5.41, 5.74) is -0.841. The van der Waals surface area contributed by atoms with Crippen LogP contribution in [0.5, 0.6) is 0 Å². The minimum Gasteiger partial charge on any atom is -0.389 e. The Balaban J connectivity index is 2.32. The molecule has 2 N–H and O–H groups in total.